The summed E-state index contributed by atoms with van der Waals surface area (Å²) in [5.74, 6) is -0.178. The van der Waals surface area contributed by atoms with Gasteiger partial charge < -0.3 is 10.4 Å². The molecule has 0 aromatic heterocycles. The normalized spacial score (nSPS) is 14.2. The minimum absolute atomic E-state index is 0.178. The lowest BCUT2D eigenvalue weighted by molar-refractivity contribution is -0.122. The lowest BCUT2D eigenvalue weighted by atomic mass is 10.1. The summed E-state index contributed by atoms with van der Waals surface area (Å²) >= 11 is 0. The number of aliphatic hydroxyl groups is 1. The van der Waals surface area contributed by atoms with Crippen LogP contribution in [0.15, 0.2) is 12.2 Å². The highest BCUT2D eigenvalue weighted by molar-refractivity contribution is 5.76. The van der Waals surface area contributed by atoms with Crippen LogP contribution in [0.1, 0.15) is 78.1 Å². The third-order valence-electron chi connectivity index (χ3n) is 3.73. The van der Waals surface area contributed by atoms with Crippen LogP contribution in [-0.4, -0.2) is 29.8 Å². The van der Waals surface area contributed by atoms with E-state index < -0.39 is 12.2 Å². The molecular formula is C18H34FNO2. The summed E-state index contributed by atoms with van der Waals surface area (Å²) in [4.78, 5) is 11.7. The maximum Gasteiger partial charge on any atom is 0.220 e. The molecule has 1 amide bonds. The minimum Gasteiger partial charge on any atom is -0.394 e. The zero-order valence-electron chi connectivity index (χ0n) is 14.3. The summed E-state index contributed by atoms with van der Waals surface area (Å²) in [6.45, 7) is 3.87. The number of rotatable bonds is 14. The van der Waals surface area contributed by atoms with Gasteiger partial charge in [-0.1, -0.05) is 64.5 Å². The molecular weight excluding hydrogens is 283 g/mol. The molecule has 4 heteroatoms. The van der Waals surface area contributed by atoms with Gasteiger partial charge in [0.25, 0.3) is 0 Å². The van der Waals surface area contributed by atoms with Crippen molar-refractivity contribution >= 4 is 5.91 Å². The number of carbonyl (C=O) groups excluding carboxylic acids is 1. The molecule has 2 atom stereocenters. The first kappa shape index (κ1) is 21.1. The highest BCUT2D eigenvalue weighted by atomic mass is 19.1. The molecule has 0 saturated heterocycles. The Morgan fingerprint density at radius 2 is 1.73 bits per heavy atom. The zero-order valence-corrected chi connectivity index (χ0v) is 14.3. The molecule has 0 spiro atoms. The van der Waals surface area contributed by atoms with E-state index in [1.54, 1.807) is 0 Å². The summed E-state index contributed by atoms with van der Waals surface area (Å²) in [6.07, 6.45) is 12.0. The number of hydrogen-bond donors (Lipinski definition) is 2. The molecule has 0 aliphatic heterocycles. The Hall–Kier alpha value is -0.900. The van der Waals surface area contributed by atoms with Crippen LogP contribution in [0.5, 0.6) is 0 Å². The molecule has 0 unspecified atom stereocenters. The van der Waals surface area contributed by atoms with Crippen LogP contribution in [0.2, 0.25) is 0 Å². The largest absolute Gasteiger partial charge is 0.394 e. The van der Waals surface area contributed by atoms with Gasteiger partial charge in [0.15, 0.2) is 0 Å². The van der Waals surface area contributed by atoms with Gasteiger partial charge in [-0.25, -0.2) is 4.39 Å². The number of unbranched alkanes of at least 4 members (excludes halogenated alkanes) is 7. The van der Waals surface area contributed by atoms with Crippen LogP contribution in [0.3, 0.4) is 0 Å². The molecule has 0 aliphatic rings. The van der Waals surface area contributed by atoms with Crippen molar-refractivity contribution in [1.29, 1.82) is 0 Å². The number of amides is 1. The maximum absolute atomic E-state index is 14.0. The van der Waals surface area contributed by atoms with Gasteiger partial charge in [-0.3, -0.25) is 4.79 Å². The molecule has 0 radical (unpaired) electrons. The Morgan fingerprint density at radius 1 is 1.09 bits per heavy atom. The molecule has 0 saturated carbocycles. The molecule has 0 aliphatic carbocycles. The third kappa shape index (κ3) is 11.7. The fourth-order valence-electron chi connectivity index (χ4n) is 2.27. The van der Waals surface area contributed by atoms with Gasteiger partial charge in [0.2, 0.25) is 5.91 Å². The maximum atomic E-state index is 14.0. The van der Waals surface area contributed by atoms with E-state index in [9.17, 15) is 14.3 Å². The van der Waals surface area contributed by atoms with Crippen molar-refractivity contribution in [3.05, 3.63) is 12.2 Å². The third-order valence-corrected chi connectivity index (χ3v) is 3.73. The number of halogens is 1. The molecule has 0 bridgehead atoms. The van der Waals surface area contributed by atoms with Gasteiger partial charge in [-0.05, 0) is 19.3 Å². The Balaban J connectivity index is 3.92. The molecule has 0 rings (SSSR count). The van der Waals surface area contributed by atoms with Crippen molar-refractivity contribution in [1.82, 2.24) is 5.32 Å². The average molecular weight is 317 g/mol. The number of alkyl halides is 1. The predicted molar refractivity (Wildman–Crippen MR) is 90.6 cm³/mol. The van der Waals surface area contributed by atoms with Crippen LogP contribution in [0.4, 0.5) is 4.39 Å². The van der Waals surface area contributed by atoms with E-state index in [0.29, 0.717) is 6.42 Å². The van der Waals surface area contributed by atoms with Crippen molar-refractivity contribution < 1.29 is 14.3 Å². The predicted octanol–water partition coefficient (Wildman–Crippen LogP) is 4.30. The molecule has 130 valence electrons. The van der Waals surface area contributed by atoms with Crippen LogP contribution < -0.4 is 5.32 Å². The Kier molecular flexibility index (Phi) is 14.4. The monoisotopic (exact) mass is 317 g/mol. The molecule has 0 fully saturated rings. The second-order valence-electron chi connectivity index (χ2n) is 5.89. The van der Waals surface area contributed by atoms with E-state index in [-0.39, 0.29) is 12.5 Å². The van der Waals surface area contributed by atoms with Gasteiger partial charge in [0.1, 0.15) is 6.17 Å². The van der Waals surface area contributed by atoms with Crippen molar-refractivity contribution in [2.45, 2.75) is 90.3 Å². The number of allylic oxidation sites excluding steroid dienone is 1. The minimum atomic E-state index is -1.32. The van der Waals surface area contributed by atoms with Crippen LogP contribution in [0, 0.1) is 0 Å². The lowest BCUT2D eigenvalue weighted by Gasteiger charge is -2.18. The van der Waals surface area contributed by atoms with Gasteiger partial charge in [0.05, 0.1) is 12.6 Å². The number of aliphatic hydroxyl groups excluding tert-OH is 1. The van der Waals surface area contributed by atoms with E-state index in [1.807, 2.05) is 6.08 Å². The molecule has 3 nitrogen and oxygen atoms in total. The summed E-state index contributed by atoms with van der Waals surface area (Å²) in [6, 6.07) is -0.828. The summed E-state index contributed by atoms with van der Waals surface area (Å²) in [5, 5.41) is 11.8. The van der Waals surface area contributed by atoms with Gasteiger partial charge in [-0.2, -0.15) is 0 Å². The van der Waals surface area contributed by atoms with Gasteiger partial charge in [0, 0.05) is 6.42 Å². The summed E-state index contributed by atoms with van der Waals surface area (Å²) in [5.41, 5.74) is 0. The first-order chi connectivity index (χ1) is 10.7. The first-order valence-electron chi connectivity index (χ1n) is 8.86. The van der Waals surface area contributed by atoms with Crippen LogP contribution >= 0.6 is 0 Å². The SMILES string of the molecule is CCCCCCC/C=C/[C@@H](F)[C@H](CO)N[14C](=O)CCCCC. The molecule has 0 heterocycles. The van der Waals surface area contributed by atoms with E-state index in [0.717, 1.165) is 32.1 Å². The quantitative estimate of drug-likeness (QED) is 0.371. The molecule has 0 aromatic carbocycles. The second kappa shape index (κ2) is 15.0. The van der Waals surface area contributed by atoms with Crippen molar-refractivity contribution in [3.63, 3.8) is 0 Å². The Bertz CT molecular complexity index is 295. The lowest BCUT2D eigenvalue weighted by Crippen LogP contribution is -2.43. The van der Waals surface area contributed by atoms with E-state index in [2.05, 4.69) is 19.2 Å². The van der Waals surface area contributed by atoms with Crippen LogP contribution in [0.25, 0.3) is 0 Å². The Morgan fingerprint density at radius 3 is 2.36 bits per heavy atom. The van der Waals surface area contributed by atoms with Crippen molar-refractivity contribution in [3.8, 4) is 0 Å². The smallest absolute Gasteiger partial charge is 0.220 e. The number of nitrogens with one attached hydrogen (secondary N) is 1. The van der Waals surface area contributed by atoms with Crippen molar-refractivity contribution in [2.75, 3.05) is 6.61 Å². The van der Waals surface area contributed by atoms with Gasteiger partial charge >= 0.3 is 0 Å². The number of hydrogen-bond acceptors (Lipinski definition) is 2. The van der Waals surface area contributed by atoms with Gasteiger partial charge in [-0.15, -0.1) is 0 Å². The standard InChI is InChI=1S/C18H34FNO2/c1-3-5-7-8-9-10-12-13-16(19)17(15-21)20-18(22)14-11-6-4-2/h12-13,16-17,21H,3-11,14-15H2,1-2H3,(H,20,22)/b13-12+/t16-,17+/m1/s1/i18+2. The molecule has 22 heavy (non-hydrogen) atoms. The first-order valence-corrected chi connectivity index (χ1v) is 8.86. The zero-order chi connectivity index (χ0) is 16.6. The summed E-state index contributed by atoms with van der Waals surface area (Å²) in [7, 11) is 0. The highest BCUT2D eigenvalue weighted by Crippen LogP contribution is 2.08. The topological polar surface area (TPSA) is 49.3 Å². The average Bonchev–Trinajstić information content (AvgIpc) is 2.51. The molecule has 2 N–H and O–H groups in total. The van der Waals surface area contributed by atoms with Crippen molar-refractivity contribution in [2.24, 2.45) is 0 Å². The number of carbonyl (C=O) groups is 1. The highest BCUT2D eigenvalue weighted by Gasteiger charge is 2.19. The fraction of sp³-hybridized carbons (Fsp3) is 0.833. The van der Waals surface area contributed by atoms with Crippen LogP contribution in [-0.2, 0) is 4.79 Å². The second-order valence-corrected chi connectivity index (χ2v) is 5.89. The van der Waals surface area contributed by atoms with E-state index in [1.165, 1.54) is 31.8 Å². The Labute approximate surface area is 135 Å². The summed E-state index contributed by atoms with van der Waals surface area (Å²) < 4.78 is 14.0. The van der Waals surface area contributed by atoms with E-state index in [4.69, 9.17) is 0 Å². The fourth-order valence-corrected chi connectivity index (χ4v) is 2.27. The molecule has 0 aromatic rings. The van der Waals surface area contributed by atoms with E-state index >= 15 is 0 Å².